The number of aliphatic hydroxyl groups excluding tert-OH is 1. The summed E-state index contributed by atoms with van der Waals surface area (Å²) in [5.74, 6) is 0. The van der Waals surface area contributed by atoms with Gasteiger partial charge in [-0.25, -0.2) is 4.98 Å². The van der Waals surface area contributed by atoms with Crippen molar-refractivity contribution < 1.29 is 9.94 Å². The number of hydrogen-bond donors (Lipinski definition) is 1. The highest BCUT2D eigenvalue weighted by atomic mass is 79.9. The Morgan fingerprint density at radius 3 is 2.86 bits per heavy atom. The van der Waals surface area contributed by atoms with Crippen molar-refractivity contribution in [1.29, 1.82) is 0 Å². The fourth-order valence-corrected chi connectivity index (χ4v) is 2.67. The number of halogens is 2. The van der Waals surface area contributed by atoms with Crippen molar-refractivity contribution in [3.8, 4) is 0 Å². The normalized spacial score (nSPS) is 18.5. The molecule has 0 radical (unpaired) electrons. The maximum atomic E-state index is 9.94. The molecule has 5 nitrogen and oxygen atoms in total. The Kier molecular flexibility index (Phi) is 6.89. The molecule has 0 aliphatic carbocycles. The average molecular weight is 377 g/mol. The Morgan fingerprint density at radius 1 is 1.43 bits per heavy atom. The Balaban J connectivity index is 1.74. The number of pyridine rings is 1. The van der Waals surface area contributed by atoms with Crippen LogP contribution < -0.4 is 0 Å². The third-order valence-electron chi connectivity index (χ3n) is 3.29. The average Bonchev–Trinajstić information content (AvgIpc) is 2.49. The summed E-state index contributed by atoms with van der Waals surface area (Å²) in [6.07, 6.45) is 4.77. The van der Waals surface area contributed by atoms with Gasteiger partial charge >= 0.3 is 0 Å². The zero-order chi connectivity index (χ0) is 15.1. The van der Waals surface area contributed by atoms with Crippen LogP contribution in [0.2, 0.25) is 5.15 Å². The number of oxime groups is 1. The van der Waals surface area contributed by atoms with Crippen LogP contribution in [0.4, 0.5) is 0 Å². The van der Waals surface area contributed by atoms with Crippen LogP contribution in [0, 0.1) is 0 Å². The molecule has 1 N–H and O–H groups in total. The minimum absolute atomic E-state index is 0.173. The highest BCUT2D eigenvalue weighted by molar-refractivity contribution is 9.18. The smallest absolute Gasteiger partial charge is 0.154 e. The fourth-order valence-electron chi connectivity index (χ4n) is 2.22. The van der Waals surface area contributed by atoms with Crippen LogP contribution in [-0.4, -0.2) is 52.0 Å². The summed E-state index contributed by atoms with van der Waals surface area (Å²) in [5.41, 5.74) is 0.768. The predicted molar refractivity (Wildman–Crippen MR) is 87.0 cm³/mol. The first-order valence-electron chi connectivity index (χ1n) is 7.03. The Hall–Kier alpha value is -0.690. The zero-order valence-electron chi connectivity index (χ0n) is 11.7. The summed E-state index contributed by atoms with van der Waals surface area (Å²) in [6.45, 7) is 2.92. The molecule has 21 heavy (non-hydrogen) atoms. The molecule has 1 saturated heterocycles. The van der Waals surface area contributed by atoms with Crippen LogP contribution >= 0.6 is 27.5 Å². The third-order valence-corrected chi connectivity index (χ3v) is 4.12. The van der Waals surface area contributed by atoms with Crippen LogP contribution in [-0.2, 0) is 4.84 Å². The molecule has 1 aliphatic heterocycles. The quantitative estimate of drug-likeness (QED) is 0.471. The molecule has 1 aliphatic rings. The lowest BCUT2D eigenvalue weighted by Gasteiger charge is -2.27. The standard InChI is InChI=1S/C14H19BrClN3O2/c15-14(11-4-5-13(16)17-8-11)18-21-10-12(20)9-19-6-2-1-3-7-19/h4-5,8,12,20H,1-3,6-7,9-10H2. The van der Waals surface area contributed by atoms with E-state index in [9.17, 15) is 5.11 Å². The molecule has 0 saturated carbocycles. The van der Waals surface area contributed by atoms with E-state index in [4.69, 9.17) is 16.4 Å². The van der Waals surface area contributed by atoms with Gasteiger partial charge in [-0.15, -0.1) is 0 Å². The first-order chi connectivity index (χ1) is 10.1. The van der Waals surface area contributed by atoms with Gasteiger partial charge in [-0.3, -0.25) is 0 Å². The summed E-state index contributed by atoms with van der Waals surface area (Å²) < 4.78 is 0.525. The molecule has 1 fully saturated rings. The highest BCUT2D eigenvalue weighted by Crippen LogP contribution is 2.11. The second-order valence-electron chi connectivity index (χ2n) is 5.06. The van der Waals surface area contributed by atoms with Crippen molar-refractivity contribution in [2.24, 2.45) is 5.16 Å². The molecule has 0 amide bonds. The SMILES string of the molecule is OC(CON=C(Br)c1ccc(Cl)nc1)CN1CCCCC1. The van der Waals surface area contributed by atoms with Crippen LogP contribution in [0.1, 0.15) is 24.8 Å². The van der Waals surface area contributed by atoms with E-state index in [2.05, 4.69) is 31.0 Å². The monoisotopic (exact) mass is 375 g/mol. The van der Waals surface area contributed by atoms with Crippen molar-refractivity contribution >= 4 is 32.2 Å². The number of likely N-dealkylation sites (tertiary alicyclic amines) is 1. The van der Waals surface area contributed by atoms with Gasteiger partial charge in [0.05, 0.1) is 0 Å². The van der Waals surface area contributed by atoms with Gasteiger partial charge in [-0.05, 0) is 54.0 Å². The summed E-state index contributed by atoms with van der Waals surface area (Å²) in [5, 5.41) is 14.3. The van der Waals surface area contributed by atoms with Crippen molar-refractivity contribution in [1.82, 2.24) is 9.88 Å². The molecule has 2 heterocycles. The number of aliphatic hydroxyl groups is 1. The summed E-state index contributed by atoms with van der Waals surface area (Å²) in [4.78, 5) is 11.4. The highest BCUT2D eigenvalue weighted by Gasteiger charge is 2.15. The molecule has 1 aromatic heterocycles. The van der Waals surface area contributed by atoms with Crippen LogP contribution in [0.15, 0.2) is 23.5 Å². The van der Waals surface area contributed by atoms with Crippen molar-refractivity contribution in [3.63, 3.8) is 0 Å². The Morgan fingerprint density at radius 2 is 2.19 bits per heavy atom. The Labute approximate surface area is 138 Å². The predicted octanol–water partition coefficient (Wildman–Crippen LogP) is 2.65. The van der Waals surface area contributed by atoms with Gasteiger partial charge in [-0.2, -0.15) is 0 Å². The molecule has 7 heteroatoms. The van der Waals surface area contributed by atoms with Crippen LogP contribution in [0.3, 0.4) is 0 Å². The lowest BCUT2D eigenvalue weighted by Crippen LogP contribution is -2.38. The number of piperidine rings is 1. The maximum absolute atomic E-state index is 9.94. The number of hydrogen-bond acceptors (Lipinski definition) is 5. The van der Waals surface area contributed by atoms with E-state index in [-0.39, 0.29) is 6.61 Å². The van der Waals surface area contributed by atoms with E-state index in [0.29, 0.717) is 16.3 Å². The molecule has 1 aromatic rings. The lowest BCUT2D eigenvalue weighted by molar-refractivity contribution is 0.0162. The van der Waals surface area contributed by atoms with E-state index < -0.39 is 6.10 Å². The van der Waals surface area contributed by atoms with E-state index >= 15 is 0 Å². The summed E-state index contributed by atoms with van der Waals surface area (Å²) >= 11 is 9.03. The van der Waals surface area contributed by atoms with E-state index in [1.807, 2.05) is 0 Å². The van der Waals surface area contributed by atoms with E-state index in [1.165, 1.54) is 19.3 Å². The molecular formula is C14H19BrClN3O2. The molecule has 0 spiro atoms. The zero-order valence-corrected chi connectivity index (χ0v) is 14.1. The minimum Gasteiger partial charge on any atom is -0.392 e. The van der Waals surface area contributed by atoms with Gasteiger partial charge in [0.1, 0.15) is 17.9 Å². The van der Waals surface area contributed by atoms with Crippen molar-refractivity contribution in [2.45, 2.75) is 25.4 Å². The van der Waals surface area contributed by atoms with Gasteiger partial charge in [0, 0.05) is 18.3 Å². The second-order valence-corrected chi connectivity index (χ2v) is 6.20. The molecule has 0 aromatic carbocycles. The fraction of sp³-hybridized carbons (Fsp3) is 0.571. The molecule has 116 valence electrons. The first kappa shape index (κ1) is 16.7. The molecule has 1 atom stereocenters. The molecular weight excluding hydrogens is 358 g/mol. The van der Waals surface area contributed by atoms with Gasteiger partial charge in [0.15, 0.2) is 4.62 Å². The second kappa shape index (κ2) is 8.68. The minimum atomic E-state index is -0.532. The lowest BCUT2D eigenvalue weighted by atomic mass is 10.1. The maximum Gasteiger partial charge on any atom is 0.154 e. The third kappa shape index (κ3) is 5.90. The topological polar surface area (TPSA) is 58.0 Å². The van der Waals surface area contributed by atoms with Gasteiger partial charge in [-0.1, -0.05) is 23.2 Å². The van der Waals surface area contributed by atoms with Crippen LogP contribution in [0.25, 0.3) is 0 Å². The van der Waals surface area contributed by atoms with Gasteiger partial charge < -0.3 is 14.8 Å². The first-order valence-corrected chi connectivity index (χ1v) is 8.20. The number of β-amino-alcohol motifs (C(OH)–C–C–N with tert-alkyl or cyclic N) is 1. The van der Waals surface area contributed by atoms with E-state index in [1.54, 1.807) is 18.3 Å². The molecule has 0 bridgehead atoms. The largest absolute Gasteiger partial charge is 0.392 e. The molecule has 2 rings (SSSR count). The van der Waals surface area contributed by atoms with Crippen molar-refractivity contribution in [2.75, 3.05) is 26.2 Å². The van der Waals surface area contributed by atoms with E-state index in [0.717, 1.165) is 18.7 Å². The molecule has 1 unspecified atom stereocenters. The summed E-state index contributed by atoms with van der Waals surface area (Å²) in [7, 11) is 0. The number of aromatic nitrogens is 1. The van der Waals surface area contributed by atoms with Gasteiger partial charge in [0.2, 0.25) is 0 Å². The Bertz CT molecular complexity index is 464. The number of nitrogens with zero attached hydrogens (tertiary/aromatic N) is 3. The van der Waals surface area contributed by atoms with Gasteiger partial charge in [0.25, 0.3) is 0 Å². The number of rotatable bonds is 6. The van der Waals surface area contributed by atoms with Crippen LogP contribution in [0.5, 0.6) is 0 Å². The summed E-state index contributed by atoms with van der Waals surface area (Å²) in [6, 6.07) is 3.47. The van der Waals surface area contributed by atoms with Crippen molar-refractivity contribution in [3.05, 3.63) is 29.0 Å².